The molecule has 35 heavy (non-hydrogen) atoms. The number of rotatable bonds is 10. The van der Waals surface area contributed by atoms with Gasteiger partial charge in [0.2, 0.25) is 11.8 Å². The van der Waals surface area contributed by atoms with Gasteiger partial charge in [-0.2, -0.15) is 0 Å². The molecule has 0 fully saturated rings. The molecule has 0 unspecified atom stereocenters. The van der Waals surface area contributed by atoms with Gasteiger partial charge in [-0.3, -0.25) is 14.6 Å². The summed E-state index contributed by atoms with van der Waals surface area (Å²) in [7, 11) is 0. The number of aromatic nitrogens is 2. The Balaban J connectivity index is 1.57. The summed E-state index contributed by atoms with van der Waals surface area (Å²) in [4.78, 5) is 31.7. The number of anilines is 2. The molecule has 0 spiro atoms. The number of carbonyl (C=O) groups excluding carboxylic acids is 2. The summed E-state index contributed by atoms with van der Waals surface area (Å²) in [5.41, 5.74) is 0.115. The summed E-state index contributed by atoms with van der Waals surface area (Å²) in [6.07, 6.45) is 4.87. The lowest BCUT2D eigenvalue weighted by atomic mass is 10.1. The van der Waals surface area contributed by atoms with Gasteiger partial charge in [0.05, 0.1) is 11.9 Å². The number of halogens is 3. The third-order valence-corrected chi connectivity index (χ3v) is 4.89. The Kier molecular flexibility index (Phi) is 8.40. The average molecular weight is 486 g/mol. The zero-order valence-electron chi connectivity index (χ0n) is 19.3. The molecule has 2 heterocycles. The van der Waals surface area contributed by atoms with Crippen LogP contribution in [0.15, 0.2) is 55.0 Å². The van der Waals surface area contributed by atoms with Gasteiger partial charge in [-0.05, 0) is 36.6 Å². The maximum absolute atomic E-state index is 14.6. The highest BCUT2D eigenvalue weighted by molar-refractivity contribution is 5.91. The Bertz CT molecular complexity index is 1200. The minimum absolute atomic E-state index is 0.0605. The van der Waals surface area contributed by atoms with Gasteiger partial charge in [-0.15, -0.1) is 0 Å². The van der Waals surface area contributed by atoms with E-state index in [1.165, 1.54) is 30.6 Å². The van der Waals surface area contributed by atoms with E-state index < -0.39 is 17.6 Å². The van der Waals surface area contributed by atoms with Crippen LogP contribution in [0.3, 0.4) is 0 Å². The average Bonchev–Trinajstić information content (AvgIpc) is 2.78. The van der Waals surface area contributed by atoms with Crippen molar-refractivity contribution < 1.29 is 27.5 Å². The number of ether oxygens (including phenoxy) is 1. The molecule has 2 N–H and O–H groups in total. The largest absolute Gasteiger partial charge is 0.457 e. The Hall–Kier alpha value is -3.95. The predicted octanol–water partition coefficient (Wildman–Crippen LogP) is 5.83. The number of aryl methyl sites for hydroxylation is 1. The molecule has 0 aliphatic rings. The van der Waals surface area contributed by atoms with E-state index in [1.54, 1.807) is 12.1 Å². The van der Waals surface area contributed by atoms with E-state index in [0.29, 0.717) is 30.0 Å². The highest BCUT2D eigenvalue weighted by Gasteiger charge is 2.25. The molecule has 0 bridgehead atoms. The fourth-order valence-corrected chi connectivity index (χ4v) is 3.13. The first-order valence-electron chi connectivity index (χ1n) is 11.0. The van der Waals surface area contributed by atoms with Crippen LogP contribution in [0, 0.1) is 5.82 Å². The van der Waals surface area contributed by atoms with E-state index >= 15 is 0 Å². The normalized spacial score (nSPS) is 11.1. The van der Waals surface area contributed by atoms with E-state index in [4.69, 9.17) is 4.74 Å². The molecule has 0 saturated carbocycles. The lowest BCUT2D eigenvalue weighted by molar-refractivity contribution is -0.117. The number of amides is 2. The number of nitrogens with one attached hydrogen (secondary N) is 2. The fraction of sp³-hybridized carbons (Fsp3) is 0.280. The van der Waals surface area contributed by atoms with Gasteiger partial charge in [-0.1, -0.05) is 13.0 Å². The topological polar surface area (TPSA) is 93.2 Å². The quantitative estimate of drug-likeness (QED) is 0.376. The maximum atomic E-state index is 14.6. The van der Waals surface area contributed by atoms with Gasteiger partial charge in [-0.25, -0.2) is 18.2 Å². The van der Waals surface area contributed by atoms with Crippen molar-refractivity contribution >= 4 is 23.3 Å². The van der Waals surface area contributed by atoms with Crippen LogP contribution >= 0.6 is 0 Å². The monoisotopic (exact) mass is 486 g/mol. The standard InChI is InChI=1S/C25H25F3N4O3/c1-3-4-23(33)32-22-13-20(9-10-30-22)35-19-7-5-16(21(26)12-19)6-8-24(34)31-18-11-17(14-29-15-18)25(2,27)28/h5,7,9-15H,3-4,6,8H2,1-2H3,(H,31,34)(H,30,32,33). The second-order valence-electron chi connectivity index (χ2n) is 7.93. The van der Waals surface area contributed by atoms with E-state index in [9.17, 15) is 22.8 Å². The molecule has 3 rings (SSSR count). The Morgan fingerprint density at radius 2 is 1.74 bits per heavy atom. The zero-order valence-corrected chi connectivity index (χ0v) is 19.3. The van der Waals surface area contributed by atoms with Crippen LogP contribution < -0.4 is 15.4 Å². The van der Waals surface area contributed by atoms with Crippen LogP contribution in [0.2, 0.25) is 0 Å². The van der Waals surface area contributed by atoms with Crippen molar-refractivity contribution in [1.29, 1.82) is 0 Å². The Labute approximate surface area is 200 Å². The minimum atomic E-state index is -3.08. The third kappa shape index (κ3) is 7.80. The Morgan fingerprint density at radius 1 is 1.00 bits per heavy atom. The van der Waals surface area contributed by atoms with Crippen LogP contribution in [-0.2, 0) is 21.9 Å². The summed E-state index contributed by atoms with van der Waals surface area (Å²) in [5.74, 6) is -3.34. The van der Waals surface area contributed by atoms with Gasteiger partial charge >= 0.3 is 0 Å². The molecule has 7 nitrogen and oxygen atoms in total. The van der Waals surface area contributed by atoms with Crippen LogP contribution in [0.4, 0.5) is 24.7 Å². The van der Waals surface area contributed by atoms with Crippen molar-refractivity contribution in [3.63, 3.8) is 0 Å². The van der Waals surface area contributed by atoms with Crippen LogP contribution in [0.25, 0.3) is 0 Å². The summed E-state index contributed by atoms with van der Waals surface area (Å²) in [5, 5.41) is 5.16. The predicted molar refractivity (Wildman–Crippen MR) is 125 cm³/mol. The maximum Gasteiger partial charge on any atom is 0.272 e. The molecular weight excluding hydrogens is 461 g/mol. The number of nitrogens with zero attached hydrogens (tertiary/aromatic N) is 2. The smallest absolute Gasteiger partial charge is 0.272 e. The fourth-order valence-electron chi connectivity index (χ4n) is 3.13. The minimum Gasteiger partial charge on any atom is -0.457 e. The first-order valence-corrected chi connectivity index (χ1v) is 11.0. The van der Waals surface area contributed by atoms with E-state index in [1.807, 2.05) is 6.92 Å². The molecule has 184 valence electrons. The molecule has 0 radical (unpaired) electrons. The highest BCUT2D eigenvalue weighted by Crippen LogP contribution is 2.28. The van der Waals surface area contributed by atoms with E-state index in [2.05, 4.69) is 20.6 Å². The van der Waals surface area contributed by atoms with Crippen molar-refractivity contribution in [3.05, 3.63) is 71.9 Å². The summed E-state index contributed by atoms with van der Waals surface area (Å²) >= 11 is 0. The van der Waals surface area contributed by atoms with Crippen LogP contribution in [0.1, 0.15) is 44.2 Å². The van der Waals surface area contributed by atoms with Crippen molar-refractivity contribution in [3.8, 4) is 11.5 Å². The van der Waals surface area contributed by atoms with Gasteiger partial charge in [0.1, 0.15) is 23.1 Å². The first-order chi connectivity index (χ1) is 16.6. The number of benzene rings is 1. The number of hydrogen-bond donors (Lipinski definition) is 2. The van der Waals surface area contributed by atoms with Crippen LogP contribution in [0.5, 0.6) is 11.5 Å². The highest BCUT2D eigenvalue weighted by atomic mass is 19.3. The molecule has 0 aliphatic carbocycles. The van der Waals surface area contributed by atoms with Crippen molar-refractivity contribution in [2.75, 3.05) is 10.6 Å². The second kappa shape index (κ2) is 11.5. The van der Waals surface area contributed by atoms with Gasteiger partial charge < -0.3 is 15.4 Å². The molecule has 10 heteroatoms. The van der Waals surface area contributed by atoms with E-state index in [-0.39, 0.29) is 35.7 Å². The molecule has 0 saturated heterocycles. The molecule has 3 aromatic rings. The summed E-state index contributed by atoms with van der Waals surface area (Å²) < 4.78 is 47.1. The van der Waals surface area contributed by atoms with Crippen LogP contribution in [-0.4, -0.2) is 21.8 Å². The molecular formula is C25H25F3N4O3. The van der Waals surface area contributed by atoms with Crippen molar-refractivity contribution in [1.82, 2.24) is 9.97 Å². The lowest BCUT2D eigenvalue weighted by Gasteiger charge is -2.12. The molecule has 0 aliphatic heterocycles. The number of alkyl halides is 2. The van der Waals surface area contributed by atoms with E-state index in [0.717, 1.165) is 19.2 Å². The lowest BCUT2D eigenvalue weighted by Crippen LogP contribution is -2.14. The van der Waals surface area contributed by atoms with Gasteiger partial charge in [0.25, 0.3) is 5.92 Å². The Morgan fingerprint density at radius 3 is 2.46 bits per heavy atom. The summed E-state index contributed by atoms with van der Waals surface area (Å²) in [6.45, 7) is 2.63. The number of pyridine rings is 2. The SMILES string of the molecule is CCCC(=O)Nc1cc(Oc2ccc(CCC(=O)Nc3cncc(C(C)(F)F)c3)c(F)c2)ccn1. The third-order valence-electron chi connectivity index (χ3n) is 4.89. The van der Waals surface area contributed by atoms with Gasteiger partial charge in [0.15, 0.2) is 0 Å². The molecule has 0 atom stereocenters. The number of carbonyl (C=O) groups is 2. The first kappa shape index (κ1) is 25.7. The summed E-state index contributed by atoms with van der Waals surface area (Å²) in [6, 6.07) is 8.51. The zero-order chi connectivity index (χ0) is 25.4. The molecule has 2 amide bonds. The second-order valence-corrected chi connectivity index (χ2v) is 7.93. The molecule has 2 aromatic heterocycles. The van der Waals surface area contributed by atoms with Crippen molar-refractivity contribution in [2.24, 2.45) is 0 Å². The van der Waals surface area contributed by atoms with Gasteiger partial charge in [0, 0.05) is 49.9 Å². The van der Waals surface area contributed by atoms with Crippen molar-refractivity contribution in [2.45, 2.75) is 45.5 Å². The number of hydrogen-bond acceptors (Lipinski definition) is 5. The molecule has 1 aromatic carbocycles.